The fourth-order valence-electron chi connectivity index (χ4n) is 1.72. The summed E-state index contributed by atoms with van der Waals surface area (Å²) in [5.74, 6) is 0.282. The van der Waals surface area contributed by atoms with Gasteiger partial charge in [-0.25, -0.2) is 8.42 Å². The molecule has 15 heavy (non-hydrogen) atoms. The number of rotatable bonds is 8. The molecular weight excluding hydrogens is 212 g/mol. The van der Waals surface area contributed by atoms with Crippen molar-refractivity contribution in [3.05, 3.63) is 0 Å². The van der Waals surface area contributed by atoms with E-state index in [2.05, 4.69) is 5.32 Å². The van der Waals surface area contributed by atoms with E-state index in [4.69, 9.17) is 0 Å². The van der Waals surface area contributed by atoms with E-state index in [0.29, 0.717) is 19.0 Å². The zero-order chi connectivity index (χ0) is 11.3. The summed E-state index contributed by atoms with van der Waals surface area (Å²) >= 11 is 0. The van der Waals surface area contributed by atoms with Crippen molar-refractivity contribution in [1.82, 2.24) is 9.62 Å². The summed E-state index contributed by atoms with van der Waals surface area (Å²) in [6.07, 6.45) is 2.79. The van der Waals surface area contributed by atoms with Crippen molar-refractivity contribution in [3.8, 4) is 0 Å². The molecule has 5 heteroatoms. The average Bonchev–Trinajstić information content (AvgIpc) is 2.97. The fourth-order valence-corrected chi connectivity index (χ4v) is 3.52. The van der Waals surface area contributed by atoms with Gasteiger partial charge in [0, 0.05) is 12.6 Å². The summed E-state index contributed by atoms with van der Waals surface area (Å²) in [4.78, 5) is 0. The van der Waals surface area contributed by atoms with Gasteiger partial charge >= 0.3 is 0 Å². The Morgan fingerprint density at radius 1 is 1.33 bits per heavy atom. The second kappa shape index (κ2) is 5.82. The first-order valence-corrected chi connectivity index (χ1v) is 7.43. The molecule has 0 aromatic carbocycles. The van der Waals surface area contributed by atoms with Gasteiger partial charge in [0.25, 0.3) is 0 Å². The van der Waals surface area contributed by atoms with Crippen LogP contribution in [-0.2, 0) is 10.0 Å². The third kappa shape index (κ3) is 4.09. The largest absolute Gasteiger partial charge is 0.317 e. The molecule has 0 radical (unpaired) electrons. The first kappa shape index (κ1) is 12.9. The van der Waals surface area contributed by atoms with Crippen LogP contribution in [0.2, 0.25) is 0 Å². The van der Waals surface area contributed by atoms with Crippen LogP contribution in [-0.4, -0.2) is 44.2 Å². The maximum atomic E-state index is 11.9. The first-order valence-electron chi connectivity index (χ1n) is 5.82. The van der Waals surface area contributed by atoms with E-state index in [-0.39, 0.29) is 5.75 Å². The van der Waals surface area contributed by atoms with Crippen LogP contribution in [0.15, 0.2) is 0 Å². The molecule has 0 unspecified atom stereocenters. The highest BCUT2D eigenvalue weighted by atomic mass is 32.2. The normalized spacial score (nSPS) is 17.3. The van der Waals surface area contributed by atoms with Crippen molar-refractivity contribution in [1.29, 1.82) is 0 Å². The predicted octanol–water partition coefficient (Wildman–Crippen LogP) is 0.800. The Hall–Kier alpha value is -0.130. The zero-order valence-corrected chi connectivity index (χ0v) is 10.5. The molecule has 1 aliphatic carbocycles. The van der Waals surface area contributed by atoms with E-state index >= 15 is 0 Å². The standard InChI is InChI=1S/C10H22N2O2S/c1-3-11-8-5-9-15(13,14)12(4-2)10-6-7-10/h10-11H,3-9H2,1-2H3. The highest BCUT2D eigenvalue weighted by Gasteiger charge is 2.35. The van der Waals surface area contributed by atoms with Crippen LogP contribution in [0, 0.1) is 0 Å². The predicted molar refractivity (Wildman–Crippen MR) is 62.3 cm³/mol. The van der Waals surface area contributed by atoms with Gasteiger partial charge in [0.15, 0.2) is 0 Å². The minimum Gasteiger partial charge on any atom is -0.317 e. The monoisotopic (exact) mass is 234 g/mol. The smallest absolute Gasteiger partial charge is 0.214 e. The summed E-state index contributed by atoms with van der Waals surface area (Å²) in [6.45, 7) is 6.25. The van der Waals surface area contributed by atoms with Gasteiger partial charge in [-0.2, -0.15) is 4.31 Å². The molecule has 1 aliphatic rings. The fraction of sp³-hybridized carbons (Fsp3) is 1.00. The van der Waals surface area contributed by atoms with Crippen molar-refractivity contribution in [3.63, 3.8) is 0 Å². The molecular formula is C10H22N2O2S. The molecule has 1 saturated carbocycles. The lowest BCUT2D eigenvalue weighted by atomic mass is 10.5. The van der Waals surface area contributed by atoms with Crippen LogP contribution in [0.25, 0.3) is 0 Å². The molecule has 0 atom stereocenters. The van der Waals surface area contributed by atoms with Crippen molar-refractivity contribution in [2.24, 2.45) is 0 Å². The van der Waals surface area contributed by atoms with Crippen molar-refractivity contribution in [2.45, 2.75) is 39.2 Å². The van der Waals surface area contributed by atoms with Gasteiger partial charge in [-0.15, -0.1) is 0 Å². The lowest BCUT2D eigenvalue weighted by molar-refractivity contribution is 0.419. The highest BCUT2D eigenvalue weighted by Crippen LogP contribution is 2.29. The summed E-state index contributed by atoms with van der Waals surface area (Å²) < 4.78 is 25.5. The van der Waals surface area contributed by atoms with Gasteiger partial charge in [-0.05, 0) is 32.4 Å². The molecule has 4 nitrogen and oxygen atoms in total. The number of hydrogen-bond donors (Lipinski definition) is 1. The van der Waals surface area contributed by atoms with Gasteiger partial charge in [-0.3, -0.25) is 0 Å². The third-order valence-electron chi connectivity index (χ3n) is 2.63. The van der Waals surface area contributed by atoms with Gasteiger partial charge in [-0.1, -0.05) is 13.8 Å². The molecule has 1 N–H and O–H groups in total. The number of sulfonamides is 1. The Morgan fingerprint density at radius 3 is 2.47 bits per heavy atom. The summed E-state index contributed by atoms with van der Waals surface area (Å²) in [6, 6.07) is 0.305. The molecule has 90 valence electrons. The molecule has 1 fully saturated rings. The van der Waals surface area contributed by atoms with Crippen LogP contribution >= 0.6 is 0 Å². The Kier molecular flexibility index (Phi) is 5.02. The molecule has 0 bridgehead atoms. The molecule has 0 heterocycles. The van der Waals surface area contributed by atoms with Crippen LogP contribution in [0.1, 0.15) is 33.1 Å². The lowest BCUT2D eigenvalue weighted by Crippen LogP contribution is -2.35. The minimum absolute atomic E-state index is 0.282. The van der Waals surface area contributed by atoms with Crippen molar-refractivity contribution >= 4 is 10.0 Å². The van der Waals surface area contributed by atoms with E-state index in [9.17, 15) is 8.42 Å². The Morgan fingerprint density at radius 2 is 2.00 bits per heavy atom. The summed E-state index contributed by atoms with van der Waals surface area (Å²) in [5.41, 5.74) is 0. The lowest BCUT2D eigenvalue weighted by Gasteiger charge is -2.19. The maximum absolute atomic E-state index is 11.9. The number of hydrogen-bond acceptors (Lipinski definition) is 3. The van der Waals surface area contributed by atoms with E-state index in [1.54, 1.807) is 4.31 Å². The molecule has 0 aromatic heterocycles. The molecule has 0 amide bonds. The van der Waals surface area contributed by atoms with E-state index in [1.807, 2.05) is 13.8 Å². The molecule has 0 spiro atoms. The summed E-state index contributed by atoms with van der Waals surface area (Å²) in [5, 5.41) is 3.14. The van der Waals surface area contributed by atoms with Crippen molar-refractivity contribution < 1.29 is 8.42 Å². The Labute approximate surface area is 93.1 Å². The third-order valence-corrected chi connectivity index (χ3v) is 4.70. The van der Waals surface area contributed by atoms with Gasteiger partial charge in [0.2, 0.25) is 10.0 Å². The number of nitrogens with one attached hydrogen (secondary N) is 1. The topological polar surface area (TPSA) is 49.4 Å². The maximum Gasteiger partial charge on any atom is 0.214 e. The van der Waals surface area contributed by atoms with E-state index < -0.39 is 10.0 Å². The van der Waals surface area contributed by atoms with Crippen LogP contribution in [0.3, 0.4) is 0 Å². The highest BCUT2D eigenvalue weighted by molar-refractivity contribution is 7.89. The van der Waals surface area contributed by atoms with Crippen LogP contribution in [0.5, 0.6) is 0 Å². The molecule has 0 aliphatic heterocycles. The second-order valence-electron chi connectivity index (χ2n) is 3.96. The first-order chi connectivity index (χ1) is 7.11. The van der Waals surface area contributed by atoms with Gasteiger partial charge in [0.1, 0.15) is 0 Å². The minimum atomic E-state index is -3.00. The summed E-state index contributed by atoms with van der Waals surface area (Å²) in [7, 11) is -3.00. The number of nitrogens with zero attached hydrogens (tertiary/aromatic N) is 1. The SMILES string of the molecule is CCNCCCS(=O)(=O)N(CC)C1CC1. The zero-order valence-electron chi connectivity index (χ0n) is 9.70. The van der Waals surface area contributed by atoms with E-state index in [1.165, 1.54) is 0 Å². The molecule has 0 aromatic rings. The van der Waals surface area contributed by atoms with Crippen molar-refractivity contribution in [2.75, 3.05) is 25.4 Å². The van der Waals surface area contributed by atoms with E-state index in [0.717, 1.165) is 25.9 Å². The van der Waals surface area contributed by atoms with Crippen LogP contribution in [0.4, 0.5) is 0 Å². The molecule has 0 saturated heterocycles. The Balaban J connectivity index is 2.35. The van der Waals surface area contributed by atoms with Gasteiger partial charge < -0.3 is 5.32 Å². The van der Waals surface area contributed by atoms with Crippen LogP contribution < -0.4 is 5.32 Å². The average molecular weight is 234 g/mol. The molecule has 1 rings (SSSR count). The quantitative estimate of drug-likeness (QED) is 0.632. The Bertz CT molecular complexity index is 273. The second-order valence-corrected chi connectivity index (χ2v) is 6.00. The van der Waals surface area contributed by atoms with Gasteiger partial charge in [0.05, 0.1) is 5.75 Å².